The molecule has 0 aliphatic carbocycles. The highest BCUT2D eigenvalue weighted by atomic mass is 16.5. The average molecular weight is 455 g/mol. The summed E-state index contributed by atoms with van der Waals surface area (Å²) in [5.41, 5.74) is 0.762. The number of amides is 3. The molecular weight excluding hydrogens is 429 g/mol. The predicted octanol–water partition coefficient (Wildman–Crippen LogP) is -1.44. The van der Waals surface area contributed by atoms with Crippen molar-refractivity contribution >= 4 is 24.8 Å². The van der Waals surface area contributed by atoms with Crippen LogP contribution in [0.15, 0.2) is 48.9 Å². The molecular formula is C21H26BN5O6. The predicted molar refractivity (Wildman–Crippen MR) is 118 cm³/mol. The zero-order valence-electron chi connectivity index (χ0n) is 18.0. The van der Waals surface area contributed by atoms with Gasteiger partial charge in [-0.25, -0.2) is 4.98 Å². The molecule has 1 saturated heterocycles. The highest BCUT2D eigenvalue weighted by molar-refractivity contribution is 6.43. The second-order valence-corrected chi connectivity index (χ2v) is 7.53. The number of carbonyl (C=O) groups is 3. The van der Waals surface area contributed by atoms with Gasteiger partial charge in [0.25, 0.3) is 5.91 Å². The van der Waals surface area contributed by atoms with Gasteiger partial charge < -0.3 is 30.3 Å². The molecule has 2 aromatic rings. The lowest BCUT2D eigenvalue weighted by molar-refractivity contribution is -0.138. The van der Waals surface area contributed by atoms with Crippen LogP contribution in [-0.4, -0.2) is 88.0 Å². The third-order valence-corrected chi connectivity index (χ3v) is 5.15. The van der Waals surface area contributed by atoms with Crippen molar-refractivity contribution in [2.24, 2.45) is 0 Å². The Labute approximate surface area is 191 Å². The van der Waals surface area contributed by atoms with E-state index in [1.807, 2.05) is 6.07 Å². The molecule has 1 aliphatic heterocycles. The molecule has 0 saturated carbocycles. The van der Waals surface area contributed by atoms with Gasteiger partial charge in [-0.2, -0.15) is 0 Å². The van der Waals surface area contributed by atoms with Crippen molar-refractivity contribution in [1.82, 2.24) is 25.5 Å². The fourth-order valence-electron chi connectivity index (χ4n) is 3.36. The minimum atomic E-state index is -1.85. The van der Waals surface area contributed by atoms with Gasteiger partial charge in [-0.1, -0.05) is 30.3 Å². The van der Waals surface area contributed by atoms with Crippen LogP contribution in [0.4, 0.5) is 0 Å². The molecule has 0 spiro atoms. The summed E-state index contributed by atoms with van der Waals surface area (Å²) in [7, 11) is -1.85. The third-order valence-electron chi connectivity index (χ3n) is 5.15. The number of nitrogens with one attached hydrogen (secondary N) is 2. The molecule has 3 rings (SSSR count). The van der Waals surface area contributed by atoms with E-state index in [-0.39, 0.29) is 24.4 Å². The van der Waals surface area contributed by atoms with Crippen LogP contribution in [0.25, 0.3) is 0 Å². The Kier molecular flexibility index (Phi) is 8.87. The molecule has 2 atom stereocenters. The molecule has 12 heteroatoms. The quantitative estimate of drug-likeness (QED) is 0.336. The SMILES string of the molecule is O=C(NC(CC(=O)N1CCOCC1)C(=O)N[C@@H](Cc1ccccc1)B(O)O)c1cnccn1. The Balaban J connectivity index is 1.73. The maximum absolute atomic E-state index is 13.1. The standard InChI is InChI=1S/C21H26BN5O6/c28-19(27-8-10-33-11-9-27)13-16(25-21(30)17-14-23-6-7-24-17)20(29)26-18(22(31)32)12-15-4-2-1-3-5-15/h1-7,14,16,18,31-32H,8-13H2,(H,25,30)(H,26,29)/t16?,18-/m0/s1. The van der Waals surface area contributed by atoms with Crippen molar-refractivity contribution < 1.29 is 29.2 Å². The molecule has 174 valence electrons. The number of benzene rings is 1. The summed E-state index contributed by atoms with van der Waals surface area (Å²) in [6.07, 6.45) is 3.81. The Morgan fingerprint density at radius 1 is 1.09 bits per heavy atom. The van der Waals surface area contributed by atoms with Crippen LogP contribution in [0.3, 0.4) is 0 Å². The van der Waals surface area contributed by atoms with Crippen LogP contribution >= 0.6 is 0 Å². The van der Waals surface area contributed by atoms with Crippen molar-refractivity contribution in [2.75, 3.05) is 26.3 Å². The van der Waals surface area contributed by atoms with Gasteiger partial charge in [-0.3, -0.25) is 19.4 Å². The summed E-state index contributed by atoms with van der Waals surface area (Å²) in [6, 6.07) is 7.73. The number of ether oxygens (including phenoxy) is 1. The molecule has 1 fully saturated rings. The lowest BCUT2D eigenvalue weighted by Crippen LogP contribution is -2.56. The summed E-state index contributed by atoms with van der Waals surface area (Å²) in [5, 5.41) is 24.7. The molecule has 33 heavy (non-hydrogen) atoms. The van der Waals surface area contributed by atoms with Crippen LogP contribution in [0.5, 0.6) is 0 Å². The van der Waals surface area contributed by atoms with E-state index < -0.39 is 30.9 Å². The zero-order valence-corrected chi connectivity index (χ0v) is 18.0. The normalized spacial score (nSPS) is 15.3. The minimum Gasteiger partial charge on any atom is -0.426 e. The second kappa shape index (κ2) is 12.0. The monoisotopic (exact) mass is 455 g/mol. The topological polar surface area (TPSA) is 154 Å². The van der Waals surface area contributed by atoms with E-state index in [0.29, 0.717) is 26.3 Å². The van der Waals surface area contributed by atoms with Crippen LogP contribution in [0.1, 0.15) is 22.5 Å². The molecule has 1 aromatic heterocycles. The van der Waals surface area contributed by atoms with E-state index in [1.54, 1.807) is 29.2 Å². The molecule has 1 unspecified atom stereocenters. The first-order valence-electron chi connectivity index (χ1n) is 10.6. The van der Waals surface area contributed by atoms with Crippen LogP contribution in [0.2, 0.25) is 0 Å². The Hall–Kier alpha value is -3.35. The number of nitrogens with zero attached hydrogens (tertiary/aromatic N) is 3. The van der Waals surface area contributed by atoms with Gasteiger partial charge >= 0.3 is 7.12 Å². The maximum atomic E-state index is 13.1. The number of morpholine rings is 1. The number of rotatable bonds is 9. The number of hydrogen-bond acceptors (Lipinski definition) is 8. The number of hydrogen-bond donors (Lipinski definition) is 4. The largest absolute Gasteiger partial charge is 0.475 e. The zero-order chi connectivity index (χ0) is 23.6. The average Bonchev–Trinajstić information content (AvgIpc) is 2.84. The smallest absolute Gasteiger partial charge is 0.426 e. The van der Waals surface area contributed by atoms with Gasteiger partial charge in [0.15, 0.2) is 0 Å². The van der Waals surface area contributed by atoms with Gasteiger partial charge in [-0.15, -0.1) is 0 Å². The lowest BCUT2D eigenvalue weighted by atomic mass is 9.75. The lowest BCUT2D eigenvalue weighted by Gasteiger charge is -2.29. The molecule has 2 heterocycles. The fraction of sp³-hybridized carbons (Fsp3) is 0.381. The molecule has 0 bridgehead atoms. The van der Waals surface area contributed by atoms with Gasteiger partial charge in [0.1, 0.15) is 11.7 Å². The highest BCUT2D eigenvalue weighted by Gasteiger charge is 2.32. The Bertz CT molecular complexity index is 927. The molecule has 0 radical (unpaired) electrons. The van der Waals surface area contributed by atoms with Crippen LogP contribution in [-0.2, 0) is 20.7 Å². The summed E-state index contributed by atoms with van der Waals surface area (Å²) in [5.74, 6) is -2.78. The van der Waals surface area contributed by atoms with Crippen LogP contribution < -0.4 is 10.6 Å². The first-order valence-corrected chi connectivity index (χ1v) is 10.6. The number of aromatic nitrogens is 2. The second-order valence-electron chi connectivity index (χ2n) is 7.53. The molecule has 3 amide bonds. The van der Waals surface area contributed by atoms with Crippen molar-refractivity contribution in [1.29, 1.82) is 0 Å². The van der Waals surface area contributed by atoms with E-state index in [0.717, 1.165) is 5.56 Å². The summed E-state index contributed by atoms with van der Waals surface area (Å²) in [4.78, 5) is 47.7. The third kappa shape index (κ3) is 7.34. The van der Waals surface area contributed by atoms with E-state index >= 15 is 0 Å². The van der Waals surface area contributed by atoms with E-state index in [1.165, 1.54) is 18.6 Å². The number of carbonyl (C=O) groups excluding carboxylic acids is 3. The van der Waals surface area contributed by atoms with Crippen LogP contribution in [0, 0.1) is 0 Å². The van der Waals surface area contributed by atoms with E-state index in [4.69, 9.17) is 4.74 Å². The van der Waals surface area contributed by atoms with Crippen molar-refractivity contribution in [3.8, 4) is 0 Å². The van der Waals surface area contributed by atoms with Gasteiger partial charge in [0, 0.05) is 25.5 Å². The van der Waals surface area contributed by atoms with Gasteiger partial charge in [0.2, 0.25) is 11.8 Å². The van der Waals surface area contributed by atoms with E-state index in [2.05, 4.69) is 20.6 Å². The summed E-state index contributed by atoms with van der Waals surface area (Å²) >= 11 is 0. The molecule has 11 nitrogen and oxygen atoms in total. The van der Waals surface area contributed by atoms with Crippen molar-refractivity contribution in [2.45, 2.75) is 24.8 Å². The molecule has 4 N–H and O–H groups in total. The minimum absolute atomic E-state index is 0.0165. The fourth-order valence-corrected chi connectivity index (χ4v) is 3.36. The van der Waals surface area contributed by atoms with Gasteiger partial charge in [-0.05, 0) is 12.0 Å². The van der Waals surface area contributed by atoms with Crippen molar-refractivity contribution in [3.63, 3.8) is 0 Å². The first-order chi connectivity index (χ1) is 15.9. The summed E-state index contributed by atoms with van der Waals surface area (Å²) < 4.78 is 5.25. The van der Waals surface area contributed by atoms with E-state index in [9.17, 15) is 24.4 Å². The Morgan fingerprint density at radius 2 is 1.82 bits per heavy atom. The first kappa shape index (κ1) is 24.3. The van der Waals surface area contributed by atoms with Crippen molar-refractivity contribution in [3.05, 3.63) is 60.2 Å². The van der Waals surface area contributed by atoms with Gasteiger partial charge in [0.05, 0.1) is 31.8 Å². The summed E-state index contributed by atoms with van der Waals surface area (Å²) in [6.45, 7) is 1.56. The molecule has 1 aromatic carbocycles. The maximum Gasteiger partial charge on any atom is 0.475 e. The highest BCUT2D eigenvalue weighted by Crippen LogP contribution is 2.08. The Morgan fingerprint density at radius 3 is 2.45 bits per heavy atom. The molecule has 1 aliphatic rings.